The third-order valence-electron chi connectivity index (χ3n) is 4.30. The summed E-state index contributed by atoms with van der Waals surface area (Å²) in [6, 6.07) is 9.96. The molecule has 27 heavy (non-hydrogen) atoms. The molecule has 0 spiro atoms. The van der Waals surface area contributed by atoms with Gasteiger partial charge in [0.15, 0.2) is 9.84 Å². The van der Waals surface area contributed by atoms with Crippen LogP contribution in [0.5, 0.6) is 0 Å². The van der Waals surface area contributed by atoms with Crippen molar-refractivity contribution < 1.29 is 18.0 Å². The molecule has 0 saturated carbocycles. The van der Waals surface area contributed by atoms with Crippen molar-refractivity contribution in [3.8, 4) is 0 Å². The summed E-state index contributed by atoms with van der Waals surface area (Å²) in [4.78, 5) is 29.5. The third-order valence-corrected chi connectivity index (χ3v) is 6.37. The van der Waals surface area contributed by atoms with E-state index in [9.17, 15) is 18.0 Å². The van der Waals surface area contributed by atoms with E-state index in [-0.39, 0.29) is 24.6 Å². The molecule has 0 radical (unpaired) electrons. The fraction of sp³-hybridized carbons (Fsp3) is 0.294. The molecule has 144 valence electrons. The number of hydrogen-bond donors (Lipinski definition) is 3. The van der Waals surface area contributed by atoms with Gasteiger partial charge < -0.3 is 4.98 Å². The van der Waals surface area contributed by atoms with Gasteiger partial charge in [-0.3, -0.25) is 25.3 Å². The Bertz CT molecular complexity index is 915. The van der Waals surface area contributed by atoms with E-state index < -0.39 is 27.7 Å². The molecule has 1 aromatic carbocycles. The van der Waals surface area contributed by atoms with Crippen LogP contribution in [0.25, 0.3) is 0 Å². The zero-order valence-corrected chi connectivity index (χ0v) is 16.7. The number of rotatable bonds is 4. The fourth-order valence-corrected chi connectivity index (χ4v) is 4.47. The van der Waals surface area contributed by atoms with Crippen LogP contribution in [0, 0.1) is 0 Å². The number of carbonyl (C=O) groups is 2. The molecule has 1 aliphatic heterocycles. The predicted octanol–water partition coefficient (Wildman–Crippen LogP) is 1.01. The van der Waals surface area contributed by atoms with Crippen molar-refractivity contribution in [2.45, 2.75) is 6.04 Å². The van der Waals surface area contributed by atoms with Gasteiger partial charge in [-0.25, -0.2) is 8.42 Å². The van der Waals surface area contributed by atoms with Crippen LogP contribution in [0.2, 0.25) is 0 Å². The van der Waals surface area contributed by atoms with Gasteiger partial charge in [-0.15, -0.1) is 0 Å². The Labute approximate surface area is 165 Å². The van der Waals surface area contributed by atoms with Crippen molar-refractivity contribution in [2.75, 3.05) is 24.6 Å². The van der Waals surface area contributed by atoms with Crippen molar-refractivity contribution in [3.05, 3.63) is 58.3 Å². The van der Waals surface area contributed by atoms with Gasteiger partial charge in [0.2, 0.25) is 0 Å². The summed E-state index contributed by atoms with van der Waals surface area (Å²) in [6.45, 7) is 0.514. The van der Waals surface area contributed by atoms with Crippen molar-refractivity contribution >= 4 is 37.6 Å². The number of hydrogen-bond acceptors (Lipinski definition) is 5. The Kier molecular flexibility index (Phi) is 5.98. The molecule has 1 fully saturated rings. The first-order chi connectivity index (χ1) is 12.9. The minimum atomic E-state index is -3.07. The van der Waals surface area contributed by atoms with Crippen LogP contribution in [0.4, 0.5) is 0 Å². The van der Waals surface area contributed by atoms with Crippen LogP contribution >= 0.6 is 15.9 Å². The lowest BCUT2D eigenvalue weighted by Crippen LogP contribution is -2.51. The van der Waals surface area contributed by atoms with Crippen molar-refractivity contribution in [3.63, 3.8) is 0 Å². The standard InChI is InChI=1S/C17H19BrN4O4S/c18-13-10-14(19-11-13)16(23)20-21-17(24)15(12-4-2-1-3-5-12)22-6-8-27(25,26)9-7-22/h1-5,10-11,15,19H,6-9H2,(H,20,23)(H,21,24). The Morgan fingerprint density at radius 1 is 1.11 bits per heavy atom. The third kappa shape index (κ3) is 4.96. The molecule has 2 aromatic rings. The maximum atomic E-state index is 12.8. The van der Waals surface area contributed by atoms with Crippen LogP contribution in [-0.4, -0.2) is 54.7 Å². The van der Waals surface area contributed by atoms with Crippen LogP contribution in [0.15, 0.2) is 47.1 Å². The highest BCUT2D eigenvalue weighted by Gasteiger charge is 2.32. The van der Waals surface area contributed by atoms with E-state index in [2.05, 4.69) is 31.8 Å². The average molecular weight is 455 g/mol. The molecule has 1 aliphatic rings. The predicted molar refractivity (Wildman–Crippen MR) is 104 cm³/mol. The van der Waals surface area contributed by atoms with E-state index in [1.807, 2.05) is 23.1 Å². The Hall–Kier alpha value is -2.17. The summed E-state index contributed by atoms with van der Waals surface area (Å²) in [6.07, 6.45) is 1.61. The summed E-state index contributed by atoms with van der Waals surface area (Å²) >= 11 is 3.24. The largest absolute Gasteiger partial charge is 0.356 e. The van der Waals surface area contributed by atoms with Crippen LogP contribution in [0.3, 0.4) is 0 Å². The number of aromatic nitrogens is 1. The van der Waals surface area contributed by atoms with E-state index in [0.717, 1.165) is 10.0 Å². The Morgan fingerprint density at radius 2 is 1.78 bits per heavy atom. The molecule has 1 atom stereocenters. The highest BCUT2D eigenvalue weighted by Crippen LogP contribution is 2.23. The van der Waals surface area contributed by atoms with Gasteiger partial charge in [0.05, 0.1) is 11.5 Å². The minimum absolute atomic E-state index is 0.00642. The second-order valence-corrected chi connectivity index (χ2v) is 9.40. The van der Waals surface area contributed by atoms with E-state index in [1.54, 1.807) is 24.4 Å². The molecule has 1 saturated heterocycles. The molecule has 3 N–H and O–H groups in total. The number of carbonyl (C=O) groups excluding carboxylic acids is 2. The molecule has 10 heteroatoms. The van der Waals surface area contributed by atoms with Gasteiger partial charge in [0, 0.05) is 23.8 Å². The molecule has 2 heterocycles. The molecule has 3 rings (SSSR count). The SMILES string of the molecule is O=C(NNC(=O)C(c1ccccc1)N1CCS(=O)(=O)CC1)c1cc(Br)c[nH]1. The number of amides is 2. The molecule has 0 aliphatic carbocycles. The zero-order valence-electron chi connectivity index (χ0n) is 14.3. The summed E-state index contributed by atoms with van der Waals surface area (Å²) in [5.74, 6) is -0.902. The van der Waals surface area contributed by atoms with E-state index in [4.69, 9.17) is 0 Å². The van der Waals surface area contributed by atoms with Gasteiger partial charge >= 0.3 is 0 Å². The number of benzene rings is 1. The minimum Gasteiger partial charge on any atom is -0.356 e. The highest BCUT2D eigenvalue weighted by molar-refractivity contribution is 9.10. The number of aromatic amines is 1. The molecular formula is C17H19BrN4O4S. The lowest BCUT2D eigenvalue weighted by molar-refractivity contribution is -0.127. The molecule has 8 nitrogen and oxygen atoms in total. The van der Waals surface area contributed by atoms with Gasteiger partial charge in [0.1, 0.15) is 11.7 Å². The monoisotopic (exact) mass is 454 g/mol. The van der Waals surface area contributed by atoms with Crippen LogP contribution in [-0.2, 0) is 14.6 Å². The topological polar surface area (TPSA) is 111 Å². The number of nitrogens with zero attached hydrogens (tertiary/aromatic N) is 1. The lowest BCUT2D eigenvalue weighted by Gasteiger charge is -2.33. The van der Waals surface area contributed by atoms with Gasteiger partial charge in [0.25, 0.3) is 11.8 Å². The van der Waals surface area contributed by atoms with Crippen LogP contribution in [0.1, 0.15) is 22.1 Å². The molecule has 1 aromatic heterocycles. The summed E-state index contributed by atoms with van der Waals surface area (Å²) in [5, 5.41) is 0. The maximum Gasteiger partial charge on any atom is 0.286 e. The lowest BCUT2D eigenvalue weighted by atomic mass is 10.0. The first-order valence-electron chi connectivity index (χ1n) is 8.29. The molecule has 1 unspecified atom stereocenters. The van der Waals surface area contributed by atoms with Crippen molar-refractivity contribution in [2.24, 2.45) is 0 Å². The number of hydrazine groups is 1. The van der Waals surface area contributed by atoms with E-state index >= 15 is 0 Å². The smallest absolute Gasteiger partial charge is 0.286 e. The Balaban J connectivity index is 1.72. The average Bonchev–Trinajstić information content (AvgIpc) is 3.09. The number of halogens is 1. The van der Waals surface area contributed by atoms with Gasteiger partial charge in [-0.05, 0) is 27.6 Å². The molecule has 2 amide bonds. The zero-order chi connectivity index (χ0) is 19.4. The fourth-order valence-electron chi connectivity index (χ4n) is 2.90. The second-order valence-electron chi connectivity index (χ2n) is 6.18. The highest BCUT2D eigenvalue weighted by atomic mass is 79.9. The second kappa shape index (κ2) is 8.24. The van der Waals surface area contributed by atoms with Crippen molar-refractivity contribution in [1.29, 1.82) is 0 Å². The Morgan fingerprint density at radius 3 is 2.37 bits per heavy atom. The number of H-pyrrole nitrogens is 1. The summed E-state index contributed by atoms with van der Waals surface area (Å²) in [5.41, 5.74) is 5.85. The first-order valence-corrected chi connectivity index (χ1v) is 10.9. The van der Waals surface area contributed by atoms with Crippen LogP contribution < -0.4 is 10.9 Å². The van der Waals surface area contributed by atoms with Gasteiger partial charge in [-0.2, -0.15) is 0 Å². The van der Waals surface area contributed by atoms with Gasteiger partial charge in [-0.1, -0.05) is 30.3 Å². The number of nitrogens with one attached hydrogen (secondary N) is 3. The molecule has 0 bridgehead atoms. The summed E-state index contributed by atoms with van der Waals surface area (Å²) < 4.78 is 24.1. The first kappa shape index (κ1) is 19.6. The van der Waals surface area contributed by atoms with E-state index in [1.165, 1.54) is 0 Å². The quantitative estimate of drug-likeness (QED) is 0.596. The molecular weight excluding hydrogens is 436 g/mol. The number of sulfone groups is 1. The maximum absolute atomic E-state index is 12.8. The summed E-state index contributed by atoms with van der Waals surface area (Å²) in [7, 11) is -3.07. The van der Waals surface area contributed by atoms with E-state index in [0.29, 0.717) is 5.69 Å². The van der Waals surface area contributed by atoms with Crippen molar-refractivity contribution in [1.82, 2.24) is 20.7 Å². The normalized spacial score (nSPS) is 17.8.